The van der Waals surface area contributed by atoms with E-state index in [-0.39, 0.29) is 5.88 Å². The Balaban J connectivity index is 1.62. The summed E-state index contributed by atoms with van der Waals surface area (Å²) in [5.74, 6) is 0.0298. The van der Waals surface area contributed by atoms with Crippen molar-refractivity contribution in [3.05, 3.63) is 29.5 Å². The first kappa shape index (κ1) is 24.4. The van der Waals surface area contributed by atoms with Crippen LogP contribution >= 0.6 is 0 Å². The molecular formula is C23H35FN4O4. The number of piperidine rings is 1. The second-order valence-electron chi connectivity index (χ2n) is 8.82. The molecule has 3 rings (SSSR count). The highest BCUT2D eigenvalue weighted by Gasteiger charge is 2.30. The van der Waals surface area contributed by atoms with Crippen LogP contribution in [0, 0.1) is 11.7 Å². The Labute approximate surface area is 189 Å². The molecule has 2 aliphatic rings. The van der Waals surface area contributed by atoms with Crippen LogP contribution in [0.1, 0.15) is 39.5 Å². The van der Waals surface area contributed by atoms with Crippen LogP contribution in [-0.4, -0.2) is 72.9 Å². The Bertz CT molecular complexity index is 830. The second-order valence-corrected chi connectivity index (χ2v) is 8.82. The number of halogens is 1. The number of ether oxygens (including phenoxy) is 3. The minimum absolute atomic E-state index is 0.0663. The van der Waals surface area contributed by atoms with Gasteiger partial charge in [0.15, 0.2) is 11.7 Å². The number of aromatic nitrogens is 1. The van der Waals surface area contributed by atoms with Gasteiger partial charge in [0.2, 0.25) is 5.88 Å². The van der Waals surface area contributed by atoms with E-state index in [1.807, 2.05) is 13.8 Å². The van der Waals surface area contributed by atoms with Crippen LogP contribution < -0.4 is 10.5 Å². The number of hydrogen-bond donors (Lipinski definition) is 2. The van der Waals surface area contributed by atoms with Gasteiger partial charge in [-0.3, -0.25) is 9.89 Å². The zero-order chi connectivity index (χ0) is 23.1. The van der Waals surface area contributed by atoms with Gasteiger partial charge in [0.25, 0.3) is 0 Å². The third kappa shape index (κ3) is 6.63. The second kappa shape index (κ2) is 11.1. The number of likely N-dealkylation sites (tertiary alicyclic amines) is 1. The minimum Gasteiger partial charge on any atom is -0.479 e. The molecule has 1 aromatic rings. The van der Waals surface area contributed by atoms with Gasteiger partial charge < -0.3 is 25.1 Å². The molecule has 0 radical (unpaired) electrons. The maximum Gasteiger partial charge on any atom is 0.250 e. The van der Waals surface area contributed by atoms with Crippen molar-refractivity contribution in [2.45, 2.75) is 45.1 Å². The molecule has 2 fully saturated rings. The summed E-state index contributed by atoms with van der Waals surface area (Å²) in [5.41, 5.74) is 7.56. The number of aliphatic hydroxyl groups is 1. The third-order valence-electron chi connectivity index (χ3n) is 6.13. The molecule has 32 heavy (non-hydrogen) atoms. The summed E-state index contributed by atoms with van der Waals surface area (Å²) in [6.45, 7) is 7.91. The minimum atomic E-state index is -0.628. The molecule has 0 unspecified atom stereocenters. The number of nitrogens with two attached hydrogens (primary N) is 1. The van der Waals surface area contributed by atoms with E-state index in [4.69, 9.17) is 19.9 Å². The smallest absolute Gasteiger partial charge is 0.250 e. The maximum absolute atomic E-state index is 14.0. The number of aliphatic imine (C=N–C) groups is 1. The van der Waals surface area contributed by atoms with Gasteiger partial charge in [0, 0.05) is 31.0 Å². The van der Waals surface area contributed by atoms with Crippen molar-refractivity contribution in [2.75, 3.05) is 46.6 Å². The molecule has 0 bridgehead atoms. The first-order chi connectivity index (χ1) is 15.3. The lowest BCUT2D eigenvalue weighted by Gasteiger charge is -2.37. The van der Waals surface area contributed by atoms with Crippen molar-refractivity contribution >= 4 is 11.4 Å². The fourth-order valence-electron chi connectivity index (χ4n) is 4.15. The first-order valence-corrected chi connectivity index (χ1v) is 11.2. The van der Waals surface area contributed by atoms with E-state index >= 15 is 0 Å². The molecule has 0 amide bonds. The van der Waals surface area contributed by atoms with Crippen LogP contribution in [0.15, 0.2) is 28.7 Å². The van der Waals surface area contributed by atoms with Crippen LogP contribution in [0.3, 0.4) is 0 Å². The van der Waals surface area contributed by atoms with Gasteiger partial charge in [-0.05, 0) is 45.7 Å². The summed E-state index contributed by atoms with van der Waals surface area (Å²) >= 11 is 0. The maximum atomic E-state index is 14.0. The zero-order valence-electron chi connectivity index (χ0n) is 19.3. The quantitative estimate of drug-likeness (QED) is 0.616. The van der Waals surface area contributed by atoms with Gasteiger partial charge in [-0.25, -0.2) is 9.37 Å². The van der Waals surface area contributed by atoms with E-state index in [1.165, 1.54) is 19.4 Å². The molecule has 3 N–H and O–H groups in total. The van der Waals surface area contributed by atoms with Crippen LogP contribution in [0.2, 0.25) is 0 Å². The van der Waals surface area contributed by atoms with Crippen molar-refractivity contribution in [1.82, 2.24) is 9.88 Å². The fraction of sp³-hybridized carbons (Fsp3) is 0.652. The van der Waals surface area contributed by atoms with E-state index in [1.54, 1.807) is 0 Å². The van der Waals surface area contributed by atoms with E-state index < -0.39 is 11.4 Å². The number of nitrogens with zero attached hydrogens (tertiary/aromatic N) is 3. The van der Waals surface area contributed by atoms with E-state index in [2.05, 4.69) is 14.9 Å². The highest BCUT2D eigenvalue weighted by atomic mass is 19.1. The lowest BCUT2D eigenvalue weighted by atomic mass is 9.83. The third-order valence-corrected chi connectivity index (χ3v) is 6.13. The standard InChI is InChI=1S/C23H35FN4O4/c1-23(2,29)16-4-8-28(9-5-16)10-13-32-21(25)18-6-11-31-12-7-20(18)27-17-14-19(24)22(30-3)26-15-17/h14-16,29H,4-13,25H2,1-3H3. The van der Waals surface area contributed by atoms with E-state index in [0.29, 0.717) is 50.2 Å². The molecule has 2 saturated heterocycles. The Morgan fingerprint density at radius 1 is 1.34 bits per heavy atom. The predicted molar refractivity (Wildman–Crippen MR) is 121 cm³/mol. The summed E-state index contributed by atoms with van der Waals surface area (Å²) in [6, 6.07) is 1.29. The molecule has 0 aliphatic carbocycles. The molecule has 0 atom stereocenters. The van der Waals surface area contributed by atoms with Gasteiger partial charge >= 0.3 is 0 Å². The highest BCUT2D eigenvalue weighted by Crippen LogP contribution is 2.28. The molecule has 3 heterocycles. The molecule has 178 valence electrons. The largest absolute Gasteiger partial charge is 0.479 e. The average molecular weight is 451 g/mol. The summed E-state index contributed by atoms with van der Waals surface area (Å²) < 4.78 is 30.3. The molecule has 0 spiro atoms. The molecule has 0 aromatic carbocycles. The summed E-state index contributed by atoms with van der Waals surface area (Å²) in [5, 5.41) is 10.2. The van der Waals surface area contributed by atoms with Gasteiger partial charge in [-0.15, -0.1) is 0 Å². The predicted octanol–water partition coefficient (Wildman–Crippen LogP) is 2.78. The average Bonchev–Trinajstić information content (AvgIpc) is 2.99. The Morgan fingerprint density at radius 2 is 2.06 bits per heavy atom. The highest BCUT2D eigenvalue weighted by molar-refractivity contribution is 6.02. The Morgan fingerprint density at radius 3 is 2.72 bits per heavy atom. The normalized spacial score (nSPS) is 22.0. The van der Waals surface area contributed by atoms with Crippen LogP contribution in [0.25, 0.3) is 0 Å². The van der Waals surface area contributed by atoms with Crippen molar-refractivity contribution in [1.29, 1.82) is 0 Å². The topological polar surface area (TPSA) is 102 Å². The number of rotatable bonds is 7. The van der Waals surface area contributed by atoms with Crippen LogP contribution in [0.5, 0.6) is 5.88 Å². The first-order valence-electron chi connectivity index (χ1n) is 11.2. The summed E-state index contributed by atoms with van der Waals surface area (Å²) in [6.07, 6.45) is 4.54. The molecule has 8 nitrogen and oxygen atoms in total. The zero-order valence-corrected chi connectivity index (χ0v) is 19.3. The Kier molecular flexibility index (Phi) is 8.44. The number of hydrogen-bond acceptors (Lipinski definition) is 8. The van der Waals surface area contributed by atoms with Crippen molar-refractivity contribution in [3.63, 3.8) is 0 Å². The van der Waals surface area contributed by atoms with Crippen molar-refractivity contribution in [2.24, 2.45) is 16.6 Å². The lowest BCUT2D eigenvalue weighted by molar-refractivity contribution is -0.0147. The van der Waals surface area contributed by atoms with Crippen LogP contribution in [-0.2, 0) is 9.47 Å². The Hall–Kier alpha value is -2.23. The number of pyridine rings is 1. The summed E-state index contributed by atoms with van der Waals surface area (Å²) in [7, 11) is 1.37. The molecule has 1 aromatic heterocycles. The molecule has 9 heteroatoms. The molecule has 2 aliphatic heterocycles. The lowest BCUT2D eigenvalue weighted by Crippen LogP contribution is -2.42. The van der Waals surface area contributed by atoms with Crippen LogP contribution in [0.4, 0.5) is 10.1 Å². The number of methoxy groups -OCH3 is 1. The monoisotopic (exact) mass is 450 g/mol. The van der Waals surface area contributed by atoms with Gasteiger partial charge in [-0.2, -0.15) is 0 Å². The van der Waals surface area contributed by atoms with Gasteiger partial charge in [0.05, 0.1) is 43.5 Å². The summed E-state index contributed by atoms with van der Waals surface area (Å²) in [4.78, 5) is 10.8. The van der Waals surface area contributed by atoms with Gasteiger partial charge in [0.1, 0.15) is 6.61 Å². The van der Waals surface area contributed by atoms with E-state index in [9.17, 15) is 9.50 Å². The van der Waals surface area contributed by atoms with Gasteiger partial charge in [-0.1, -0.05) is 0 Å². The molecule has 0 saturated carbocycles. The van der Waals surface area contributed by atoms with Crippen molar-refractivity contribution < 1.29 is 23.7 Å². The van der Waals surface area contributed by atoms with Crippen molar-refractivity contribution in [3.8, 4) is 5.88 Å². The SMILES string of the molecule is COc1ncc(N=C2CCOCCC2=C(N)OCCN2CCC(C(C)(C)O)CC2)cc1F. The van der Waals surface area contributed by atoms with E-state index in [0.717, 1.165) is 43.8 Å². The molecular weight excluding hydrogens is 415 g/mol. The fourth-order valence-corrected chi connectivity index (χ4v) is 4.15.